The Morgan fingerprint density at radius 3 is 2.75 bits per heavy atom. The van der Waals surface area contributed by atoms with Crippen LogP contribution in [-0.2, 0) is 18.3 Å². The van der Waals surface area contributed by atoms with E-state index in [0.29, 0.717) is 19.5 Å². The van der Waals surface area contributed by atoms with Crippen molar-refractivity contribution in [2.75, 3.05) is 13.1 Å². The van der Waals surface area contributed by atoms with Crippen LogP contribution in [0.5, 0.6) is 0 Å². The number of aliphatic carboxylic acids is 1. The number of rotatable bonds is 7. The third-order valence-corrected chi connectivity index (χ3v) is 3.02. The number of nitrogens with one attached hydrogen (secondary N) is 1. The highest BCUT2D eigenvalue weighted by molar-refractivity contribution is 5.76. The van der Waals surface area contributed by atoms with Gasteiger partial charge < -0.3 is 10.4 Å². The first kappa shape index (κ1) is 14.2. The van der Waals surface area contributed by atoms with Crippen molar-refractivity contribution < 1.29 is 9.90 Å². The molecule has 0 bridgehead atoms. The van der Waals surface area contributed by atoms with Gasteiger partial charge in [-0.05, 0) is 5.56 Å². The van der Waals surface area contributed by atoms with E-state index in [9.17, 15) is 9.90 Å². The normalized spacial score (nSPS) is 12.2. The number of carbonyl (C=O) groups is 1. The lowest BCUT2D eigenvalue weighted by atomic mass is 9.99. The Morgan fingerprint density at radius 1 is 1.40 bits per heavy atom. The molecule has 0 spiro atoms. The van der Waals surface area contributed by atoms with Crippen LogP contribution in [0.3, 0.4) is 0 Å². The van der Waals surface area contributed by atoms with Gasteiger partial charge in [0.2, 0.25) is 0 Å². The van der Waals surface area contributed by atoms with E-state index in [1.165, 1.54) is 0 Å². The van der Waals surface area contributed by atoms with Crippen molar-refractivity contribution in [1.82, 2.24) is 20.1 Å². The van der Waals surface area contributed by atoms with Crippen LogP contribution in [0.15, 0.2) is 36.7 Å². The van der Waals surface area contributed by atoms with E-state index in [-0.39, 0.29) is 0 Å². The second-order valence-corrected chi connectivity index (χ2v) is 4.59. The van der Waals surface area contributed by atoms with Gasteiger partial charge in [-0.2, -0.15) is 5.10 Å². The number of aromatic nitrogens is 3. The standard InChI is InChI=1S/C14H18N4O2/c1-18-10-16-13(17-18)7-8-15-9-12(14(19)20)11-5-3-2-4-6-11/h2-6,10,12,15H,7-9H2,1H3,(H,19,20). The highest BCUT2D eigenvalue weighted by Crippen LogP contribution is 2.14. The van der Waals surface area contributed by atoms with Gasteiger partial charge in [-0.1, -0.05) is 30.3 Å². The van der Waals surface area contributed by atoms with Crippen LogP contribution in [0, 0.1) is 0 Å². The molecule has 20 heavy (non-hydrogen) atoms. The molecule has 0 amide bonds. The maximum absolute atomic E-state index is 11.3. The van der Waals surface area contributed by atoms with E-state index in [1.54, 1.807) is 11.0 Å². The lowest BCUT2D eigenvalue weighted by Crippen LogP contribution is -2.28. The molecule has 6 nitrogen and oxygen atoms in total. The van der Waals surface area contributed by atoms with Crippen molar-refractivity contribution in [3.05, 3.63) is 48.0 Å². The predicted molar refractivity (Wildman–Crippen MR) is 74.4 cm³/mol. The van der Waals surface area contributed by atoms with Gasteiger partial charge in [-0.25, -0.2) is 4.98 Å². The molecule has 0 saturated heterocycles. The first-order valence-corrected chi connectivity index (χ1v) is 6.50. The third kappa shape index (κ3) is 3.89. The van der Waals surface area contributed by atoms with Crippen LogP contribution in [0.4, 0.5) is 0 Å². The van der Waals surface area contributed by atoms with Crippen LogP contribution in [0.2, 0.25) is 0 Å². The topological polar surface area (TPSA) is 80.0 Å². The lowest BCUT2D eigenvalue weighted by molar-refractivity contribution is -0.138. The monoisotopic (exact) mass is 274 g/mol. The van der Waals surface area contributed by atoms with Crippen LogP contribution >= 0.6 is 0 Å². The molecule has 0 radical (unpaired) electrons. The molecule has 0 saturated carbocycles. The van der Waals surface area contributed by atoms with Gasteiger partial charge in [-0.3, -0.25) is 9.48 Å². The number of hydrogen-bond acceptors (Lipinski definition) is 4. The van der Waals surface area contributed by atoms with E-state index >= 15 is 0 Å². The predicted octanol–water partition coefficient (Wildman–Crippen LogP) is 0.816. The Morgan fingerprint density at radius 2 is 2.15 bits per heavy atom. The van der Waals surface area contributed by atoms with Crippen LogP contribution in [-0.4, -0.2) is 38.9 Å². The summed E-state index contributed by atoms with van der Waals surface area (Å²) in [5.41, 5.74) is 0.809. The molecule has 0 aliphatic heterocycles. The molecule has 0 fully saturated rings. The Kier molecular flexibility index (Phi) is 4.84. The van der Waals surface area contributed by atoms with Crippen molar-refractivity contribution in [2.24, 2.45) is 7.05 Å². The highest BCUT2D eigenvalue weighted by Gasteiger charge is 2.18. The van der Waals surface area contributed by atoms with Crippen molar-refractivity contribution in [1.29, 1.82) is 0 Å². The zero-order valence-corrected chi connectivity index (χ0v) is 11.4. The average molecular weight is 274 g/mol. The fourth-order valence-corrected chi connectivity index (χ4v) is 1.98. The van der Waals surface area contributed by atoms with E-state index in [0.717, 1.165) is 11.4 Å². The summed E-state index contributed by atoms with van der Waals surface area (Å²) in [5.74, 6) is -0.598. The number of carboxylic acid groups (broad SMARTS) is 1. The Labute approximate surface area is 117 Å². The third-order valence-electron chi connectivity index (χ3n) is 3.02. The van der Waals surface area contributed by atoms with Crippen molar-refractivity contribution in [2.45, 2.75) is 12.3 Å². The van der Waals surface area contributed by atoms with Crippen molar-refractivity contribution in [3.8, 4) is 0 Å². The molecule has 1 atom stereocenters. The number of hydrogen-bond donors (Lipinski definition) is 2. The molecule has 2 rings (SSSR count). The molecule has 6 heteroatoms. The van der Waals surface area contributed by atoms with E-state index in [1.807, 2.05) is 37.4 Å². The SMILES string of the molecule is Cn1cnc(CCNCC(C(=O)O)c2ccccc2)n1. The average Bonchev–Trinajstić information content (AvgIpc) is 2.85. The van der Waals surface area contributed by atoms with Gasteiger partial charge in [-0.15, -0.1) is 0 Å². The first-order chi connectivity index (χ1) is 9.66. The zero-order valence-electron chi connectivity index (χ0n) is 11.4. The summed E-state index contributed by atoms with van der Waals surface area (Å²) in [7, 11) is 1.82. The smallest absolute Gasteiger partial charge is 0.312 e. The highest BCUT2D eigenvalue weighted by atomic mass is 16.4. The van der Waals surface area contributed by atoms with E-state index in [2.05, 4.69) is 15.4 Å². The summed E-state index contributed by atoms with van der Waals surface area (Å²) in [4.78, 5) is 15.4. The minimum absolute atomic E-state index is 0.395. The maximum Gasteiger partial charge on any atom is 0.312 e. The number of carboxylic acids is 1. The van der Waals surface area contributed by atoms with Crippen molar-refractivity contribution in [3.63, 3.8) is 0 Å². The van der Waals surface area contributed by atoms with Crippen LogP contribution < -0.4 is 5.32 Å². The number of benzene rings is 1. The fourth-order valence-electron chi connectivity index (χ4n) is 1.98. The van der Waals surface area contributed by atoms with Gasteiger partial charge in [0, 0.05) is 26.6 Å². The summed E-state index contributed by atoms with van der Waals surface area (Å²) in [6.45, 7) is 1.05. The fraction of sp³-hybridized carbons (Fsp3) is 0.357. The second-order valence-electron chi connectivity index (χ2n) is 4.59. The first-order valence-electron chi connectivity index (χ1n) is 6.50. The van der Waals surface area contributed by atoms with E-state index in [4.69, 9.17) is 0 Å². The summed E-state index contributed by atoms with van der Waals surface area (Å²) in [6, 6.07) is 9.25. The second kappa shape index (κ2) is 6.81. The Hall–Kier alpha value is -2.21. The van der Waals surface area contributed by atoms with E-state index < -0.39 is 11.9 Å². The molecule has 0 aliphatic rings. The molecular formula is C14H18N4O2. The lowest BCUT2D eigenvalue weighted by Gasteiger charge is -2.13. The minimum atomic E-state index is -0.820. The van der Waals surface area contributed by atoms with Crippen molar-refractivity contribution >= 4 is 5.97 Å². The molecule has 1 aromatic heterocycles. The quantitative estimate of drug-likeness (QED) is 0.731. The van der Waals surface area contributed by atoms with Gasteiger partial charge in [0.15, 0.2) is 5.82 Å². The summed E-state index contributed by atoms with van der Waals surface area (Å²) in [5, 5.41) is 16.6. The zero-order chi connectivity index (χ0) is 14.4. The minimum Gasteiger partial charge on any atom is -0.481 e. The molecule has 2 N–H and O–H groups in total. The Balaban J connectivity index is 1.83. The summed E-state index contributed by atoms with van der Waals surface area (Å²) < 4.78 is 1.65. The molecule has 1 heterocycles. The molecule has 0 aliphatic carbocycles. The molecule has 2 aromatic rings. The summed E-state index contributed by atoms with van der Waals surface area (Å²) >= 11 is 0. The largest absolute Gasteiger partial charge is 0.481 e. The van der Waals surface area contributed by atoms with Crippen LogP contribution in [0.1, 0.15) is 17.3 Å². The molecule has 1 aromatic carbocycles. The van der Waals surface area contributed by atoms with Gasteiger partial charge in [0.1, 0.15) is 6.33 Å². The molecule has 106 valence electrons. The maximum atomic E-state index is 11.3. The Bertz CT molecular complexity index is 553. The van der Waals surface area contributed by atoms with Gasteiger partial charge >= 0.3 is 5.97 Å². The summed E-state index contributed by atoms with van der Waals surface area (Å²) in [6.07, 6.45) is 2.33. The van der Waals surface area contributed by atoms with Gasteiger partial charge in [0.05, 0.1) is 5.92 Å². The number of aryl methyl sites for hydroxylation is 1. The number of nitrogens with zero attached hydrogens (tertiary/aromatic N) is 3. The van der Waals surface area contributed by atoms with Gasteiger partial charge in [0.25, 0.3) is 0 Å². The van der Waals surface area contributed by atoms with Crippen LogP contribution in [0.25, 0.3) is 0 Å². The molecule has 1 unspecified atom stereocenters. The molecular weight excluding hydrogens is 256 g/mol.